The maximum atomic E-state index is 12.0. The predicted octanol–water partition coefficient (Wildman–Crippen LogP) is 3.59. The number of rotatable bonds is 2. The third-order valence-corrected chi connectivity index (χ3v) is 13.3. The van der Waals surface area contributed by atoms with Crippen LogP contribution < -0.4 is 16.1 Å². The molecule has 0 aromatic heterocycles. The molecule has 0 fully saturated rings. The number of amides is 1. The second kappa shape index (κ2) is 5.52. The van der Waals surface area contributed by atoms with Crippen LogP contribution in [0.5, 0.6) is 0 Å². The molecule has 1 N–H and O–H groups in total. The Labute approximate surface area is 157 Å². The summed E-state index contributed by atoms with van der Waals surface area (Å²) in [5, 5.41) is 2.29. The van der Waals surface area contributed by atoms with Crippen molar-refractivity contribution in [2.45, 2.75) is 39.5 Å². The van der Waals surface area contributed by atoms with Gasteiger partial charge >= 0.3 is 0 Å². The first-order valence-electron chi connectivity index (χ1n) is 9.05. The van der Waals surface area contributed by atoms with Gasteiger partial charge in [0.1, 0.15) is 0 Å². The second-order valence-electron chi connectivity index (χ2n) is 8.41. The first kappa shape index (κ1) is 17.5. The smallest absolute Gasteiger partial charge is 0.269 e. The minimum Gasteiger partial charge on any atom is -0.449 e. The zero-order chi connectivity index (χ0) is 18.9. The van der Waals surface area contributed by atoms with E-state index >= 15 is 0 Å². The Hall–Kier alpha value is -1.96. The van der Waals surface area contributed by atoms with Gasteiger partial charge in [-0.3, -0.25) is 10.5 Å². The van der Waals surface area contributed by atoms with Gasteiger partial charge in [-0.2, -0.15) is 0 Å². The highest BCUT2D eigenvalue weighted by atomic mass is 28.4. The third kappa shape index (κ3) is 2.46. The maximum Gasteiger partial charge on any atom is 0.269 e. The lowest BCUT2D eigenvalue weighted by atomic mass is 9.96. The van der Waals surface area contributed by atoms with Gasteiger partial charge in [0.2, 0.25) is 16.6 Å². The minimum atomic E-state index is -2.20. The summed E-state index contributed by atoms with van der Waals surface area (Å²) in [7, 11) is -4.35. The van der Waals surface area contributed by atoms with Crippen molar-refractivity contribution in [3.8, 4) is 11.1 Å². The average Bonchev–Trinajstić information content (AvgIpc) is 3.00. The number of hydrogen-bond acceptors (Lipinski definition) is 2. The molecule has 26 heavy (non-hydrogen) atoms. The molecule has 1 amide bonds. The Morgan fingerprint density at radius 1 is 1.00 bits per heavy atom. The molecule has 1 radical (unpaired) electrons. The van der Waals surface area contributed by atoms with Gasteiger partial charge < -0.3 is 4.12 Å². The summed E-state index contributed by atoms with van der Waals surface area (Å²) in [5.74, 6) is -0.599. The fraction of sp³-hybridized carbons (Fsp3) is 0.286. The summed E-state index contributed by atoms with van der Waals surface area (Å²) >= 11 is 0. The van der Waals surface area contributed by atoms with E-state index in [9.17, 15) is 4.79 Å². The standard InChI is InChI=1S/C21H24NO2Si2/c1-13-11-14-7-6-8-15(18(14)12-13)16-9-10-17(21(22)23)20-19(16)25(2,3)24-26(20,4)5/h6-10,12,22H,11H2,1-5H3. The fourth-order valence-electron chi connectivity index (χ4n) is 4.78. The molecule has 0 unspecified atom stereocenters. The highest BCUT2D eigenvalue weighted by molar-refractivity contribution is 7.06. The number of nitrogens with one attached hydrogen (secondary N) is 1. The van der Waals surface area contributed by atoms with Crippen LogP contribution in [0.3, 0.4) is 0 Å². The van der Waals surface area contributed by atoms with E-state index < -0.39 is 22.5 Å². The summed E-state index contributed by atoms with van der Waals surface area (Å²) in [6, 6.07) is 10.4. The van der Waals surface area contributed by atoms with Gasteiger partial charge in [-0.1, -0.05) is 35.9 Å². The van der Waals surface area contributed by atoms with Crippen molar-refractivity contribution in [2.75, 3.05) is 0 Å². The molecule has 0 atom stereocenters. The van der Waals surface area contributed by atoms with Gasteiger partial charge in [-0.15, -0.1) is 0 Å². The van der Waals surface area contributed by atoms with Gasteiger partial charge in [0.15, 0.2) is 0 Å². The van der Waals surface area contributed by atoms with E-state index in [0.29, 0.717) is 5.56 Å². The van der Waals surface area contributed by atoms with Gasteiger partial charge in [0.05, 0.1) is 0 Å². The lowest BCUT2D eigenvalue weighted by Gasteiger charge is -2.23. The molecule has 2 aromatic rings. The number of allylic oxidation sites excluding steroid dienone is 1. The molecule has 1 aliphatic heterocycles. The number of benzene rings is 2. The van der Waals surface area contributed by atoms with E-state index in [1.165, 1.54) is 33.0 Å². The van der Waals surface area contributed by atoms with Crippen LogP contribution in [0.15, 0.2) is 35.9 Å². The van der Waals surface area contributed by atoms with Crippen molar-refractivity contribution in [3.05, 3.63) is 52.6 Å². The Balaban J connectivity index is 2.07. The van der Waals surface area contributed by atoms with E-state index in [-0.39, 0.29) is 0 Å². The molecule has 0 bridgehead atoms. The van der Waals surface area contributed by atoms with Crippen molar-refractivity contribution < 1.29 is 8.91 Å². The molecule has 5 heteroatoms. The molecular formula is C21H24NO2Si2. The molecule has 4 rings (SSSR count). The second-order valence-corrected chi connectivity index (χ2v) is 16.3. The van der Waals surface area contributed by atoms with Crippen LogP contribution in [-0.2, 0) is 10.5 Å². The molecule has 2 aliphatic rings. The lowest BCUT2D eigenvalue weighted by molar-refractivity contribution is 0.0993. The van der Waals surface area contributed by atoms with Crippen LogP contribution in [0.25, 0.3) is 17.2 Å². The van der Waals surface area contributed by atoms with Crippen LogP contribution in [0.4, 0.5) is 0 Å². The summed E-state index contributed by atoms with van der Waals surface area (Å²) < 4.78 is 6.63. The van der Waals surface area contributed by atoms with Crippen molar-refractivity contribution in [2.24, 2.45) is 0 Å². The van der Waals surface area contributed by atoms with Crippen molar-refractivity contribution >= 4 is 39.0 Å². The molecular weight excluding hydrogens is 354 g/mol. The highest BCUT2D eigenvalue weighted by Crippen LogP contribution is 2.36. The van der Waals surface area contributed by atoms with Crippen molar-refractivity contribution in [1.82, 2.24) is 5.73 Å². The zero-order valence-corrected chi connectivity index (χ0v) is 18.0. The number of fused-ring (bicyclic) bond motifs is 2. The SMILES string of the molecule is CC1=Cc2c(cccc2-c2ccc(C([NH])=O)c3c2[Si](C)(C)O[Si]3(C)C)C1. The van der Waals surface area contributed by atoms with E-state index in [1.807, 2.05) is 12.1 Å². The molecule has 3 nitrogen and oxygen atoms in total. The van der Waals surface area contributed by atoms with Gasteiger partial charge in [0.25, 0.3) is 5.91 Å². The Morgan fingerprint density at radius 2 is 1.69 bits per heavy atom. The van der Waals surface area contributed by atoms with Gasteiger partial charge in [-0.25, -0.2) is 0 Å². The molecule has 1 aliphatic carbocycles. The maximum absolute atomic E-state index is 12.0. The average molecular weight is 379 g/mol. The molecule has 0 saturated carbocycles. The molecule has 0 spiro atoms. The first-order valence-corrected chi connectivity index (χ1v) is 14.9. The Kier molecular flexibility index (Phi) is 3.71. The summed E-state index contributed by atoms with van der Waals surface area (Å²) in [6.07, 6.45) is 3.29. The fourth-order valence-corrected chi connectivity index (χ4v) is 15.7. The van der Waals surface area contributed by atoms with E-state index in [0.717, 1.165) is 11.6 Å². The van der Waals surface area contributed by atoms with E-state index in [1.54, 1.807) is 0 Å². The third-order valence-electron chi connectivity index (χ3n) is 5.51. The quantitative estimate of drug-likeness (QED) is 0.750. The van der Waals surface area contributed by atoms with Crippen LogP contribution in [0, 0.1) is 0 Å². The number of carbonyl (C=O) groups is 1. The first-order chi connectivity index (χ1) is 12.1. The molecule has 133 valence electrons. The zero-order valence-electron chi connectivity index (χ0n) is 16.0. The molecule has 0 saturated heterocycles. The van der Waals surface area contributed by atoms with E-state index in [4.69, 9.17) is 9.85 Å². The molecule has 1 heterocycles. The van der Waals surface area contributed by atoms with Gasteiger partial charge in [-0.05, 0) is 78.2 Å². The van der Waals surface area contributed by atoms with Crippen molar-refractivity contribution in [3.63, 3.8) is 0 Å². The van der Waals surface area contributed by atoms with Gasteiger partial charge in [0, 0.05) is 5.56 Å². The largest absolute Gasteiger partial charge is 0.449 e. The van der Waals surface area contributed by atoms with Crippen LogP contribution in [0.1, 0.15) is 28.4 Å². The van der Waals surface area contributed by atoms with Crippen LogP contribution >= 0.6 is 0 Å². The normalized spacial score (nSPS) is 19.0. The summed E-state index contributed by atoms with van der Waals surface area (Å²) in [4.78, 5) is 12.0. The van der Waals surface area contributed by atoms with Crippen molar-refractivity contribution in [1.29, 1.82) is 0 Å². The highest BCUT2D eigenvalue weighted by Gasteiger charge is 2.49. The van der Waals surface area contributed by atoms with E-state index in [2.05, 4.69) is 57.4 Å². The predicted molar refractivity (Wildman–Crippen MR) is 112 cm³/mol. The topological polar surface area (TPSA) is 50.1 Å². The van der Waals surface area contributed by atoms with Crippen LogP contribution in [0.2, 0.25) is 26.2 Å². The number of hydrogen-bond donors (Lipinski definition) is 0. The monoisotopic (exact) mass is 378 g/mol. The lowest BCUT2D eigenvalue weighted by Crippen LogP contribution is -2.48. The minimum absolute atomic E-state index is 0.540. The number of carbonyl (C=O) groups excluding carboxylic acids is 1. The Bertz CT molecular complexity index is 990. The summed E-state index contributed by atoms with van der Waals surface area (Å²) in [6.45, 7) is 10.9. The molecule has 2 aromatic carbocycles. The summed E-state index contributed by atoms with van der Waals surface area (Å²) in [5.41, 5.74) is 14.8. The Morgan fingerprint density at radius 3 is 2.38 bits per heavy atom. The van der Waals surface area contributed by atoms with Crippen LogP contribution in [-0.4, -0.2) is 22.5 Å².